The third kappa shape index (κ3) is 3.90. The van der Waals surface area contributed by atoms with E-state index in [1.54, 1.807) is 0 Å². The minimum absolute atomic E-state index is 0.0327. The van der Waals surface area contributed by atoms with Crippen LogP contribution in [0.3, 0.4) is 0 Å². The van der Waals surface area contributed by atoms with Crippen LogP contribution in [0.1, 0.15) is 35.6 Å². The molecule has 5 aromatic rings. The van der Waals surface area contributed by atoms with Gasteiger partial charge in [-0.15, -0.1) is 21.6 Å². The van der Waals surface area contributed by atoms with E-state index >= 15 is 0 Å². The van der Waals surface area contributed by atoms with Crippen molar-refractivity contribution in [2.24, 2.45) is 16.1 Å². The fraction of sp³-hybridized carbons (Fsp3) is 0.231. The number of aryl methyl sites for hydroxylation is 2. The normalized spacial score (nSPS) is 12.0. The molecule has 0 unspecified atom stereocenters. The number of carbonyl (C=O) groups excluding carboxylic acids is 1. The highest BCUT2D eigenvalue weighted by Crippen LogP contribution is 2.39. The zero-order valence-corrected chi connectivity index (χ0v) is 20.1. The van der Waals surface area contributed by atoms with Gasteiger partial charge in [-0.05, 0) is 43.5 Å². The zero-order chi connectivity index (χ0) is 23.8. The molecule has 1 amide bonds. The number of nitrogens with zero attached hydrogens (tertiary/aromatic N) is 5. The number of azo groups is 1. The molecule has 0 aliphatic rings. The van der Waals surface area contributed by atoms with Gasteiger partial charge in [0.1, 0.15) is 4.83 Å². The maximum absolute atomic E-state index is 12.9. The molecule has 34 heavy (non-hydrogen) atoms. The van der Waals surface area contributed by atoms with Gasteiger partial charge in [-0.2, -0.15) is 5.10 Å². The van der Waals surface area contributed by atoms with Gasteiger partial charge in [0.05, 0.1) is 21.8 Å². The smallest absolute Gasteiger partial charge is 0.305 e. The molecular weight excluding hydrogens is 446 g/mol. The number of aromatic nitrogens is 3. The number of hydrogen-bond donors (Lipinski definition) is 1. The second kappa shape index (κ2) is 8.87. The number of para-hydroxylation sites is 2. The molecule has 0 spiro atoms. The maximum atomic E-state index is 12.9. The minimum atomic E-state index is -0.446. The molecule has 1 N–H and O–H groups in total. The Morgan fingerprint density at radius 2 is 1.82 bits per heavy atom. The molecule has 0 aliphatic carbocycles. The first-order chi connectivity index (χ1) is 16.4. The number of hydrogen-bond acceptors (Lipinski definition) is 5. The Labute approximate surface area is 201 Å². The first-order valence-electron chi connectivity index (χ1n) is 11.2. The summed E-state index contributed by atoms with van der Waals surface area (Å²) in [6.07, 6.45) is 0.918. The predicted molar refractivity (Wildman–Crippen MR) is 136 cm³/mol. The van der Waals surface area contributed by atoms with Crippen LogP contribution in [0.2, 0.25) is 0 Å². The third-order valence-electron chi connectivity index (χ3n) is 5.84. The topological polar surface area (TPSA) is 84.8 Å². The first kappa shape index (κ1) is 22.0. The van der Waals surface area contributed by atoms with E-state index in [4.69, 9.17) is 0 Å². The summed E-state index contributed by atoms with van der Waals surface area (Å²) >= 11 is 1.34. The SMILES string of the molecule is Cc1nn(-c2ccccc2)c2sc(C(=O)N=Nc3c(O)n(CCC(C)C)c4ccccc34)cc12. The zero-order valence-electron chi connectivity index (χ0n) is 19.3. The van der Waals surface area contributed by atoms with Crippen LogP contribution in [0, 0.1) is 12.8 Å². The number of carbonyl (C=O) groups is 1. The van der Waals surface area contributed by atoms with E-state index in [9.17, 15) is 9.90 Å². The van der Waals surface area contributed by atoms with Crippen molar-refractivity contribution in [3.05, 3.63) is 71.2 Å². The Balaban J connectivity index is 1.49. The van der Waals surface area contributed by atoms with E-state index in [2.05, 4.69) is 29.2 Å². The van der Waals surface area contributed by atoms with Crippen molar-refractivity contribution in [1.29, 1.82) is 0 Å². The van der Waals surface area contributed by atoms with Gasteiger partial charge in [0, 0.05) is 17.3 Å². The molecular formula is C26H25N5O2S. The van der Waals surface area contributed by atoms with Crippen LogP contribution in [0.4, 0.5) is 5.69 Å². The summed E-state index contributed by atoms with van der Waals surface area (Å²) in [5, 5.41) is 25.4. The molecule has 0 saturated heterocycles. The van der Waals surface area contributed by atoms with E-state index in [0.29, 0.717) is 23.0 Å². The highest BCUT2D eigenvalue weighted by atomic mass is 32.1. The Kier molecular flexibility index (Phi) is 5.75. The summed E-state index contributed by atoms with van der Waals surface area (Å²) in [6.45, 7) is 6.88. The van der Waals surface area contributed by atoms with E-state index in [1.807, 2.05) is 76.8 Å². The molecule has 3 aromatic heterocycles. The van der Waals surface area contributed by atoms with Gasteiger partial charge in [-0.25, -0.2) is 4.68 Å². The highest BCUT2D eigenvalue weighted by Gasteiger charge is 2.19. The molecule has 8 heteroatoms. The van der Waals surface area contributed by atoms with Crippen LogP contribution in [0.5, 0.6) is 5.88 Å². The molecule has 0 aliphatic heterocycles. The van der Waals surface area contributed by atoms with Gasteiger partial charge in [-0.3, -0.25) is 4.79 Å². The standard InChI is InChI=1S/C26H25N5O2S/c1-16(2)13-14-30-21-12-8-7-11-19(21)23(25(30)33)27-28-24(32)22-15-20-17(3)29-31(26(20)34-22)18-9-5-4-6-10-18/h4-12,15-16,33H,13-14H2,1-3H3. The van der Waals surface area contributed by atoms with Crippen LogP contribution < -0.4 is 0 Å². The summed E-state index contributed by atoms with van der Waals surface area (Å²) in [5.41, 5.74) is 2.97. The molecule has 0 bridgehead atoms. The Hall–Kier alpha value is -3.78. The van der Waals surface area contributed by atoms with Crippen LogP contribution in [0.25, 0.3) is 26.8 Å². The second-order valence-electron chi connectivity index (χ2n) is 8.69. The van der Waals surface area contributed by atoms with E-state index < -0.39 is 5.91 Å². The van der Waals surface area contributed by atoms with Crippen molar-refractivity contribution in [2.75, 3.05) is 0 Å². The average molecular weight is 472 g/mol. The average Bonchev–Trinajstić information content (AvgIpc) is 3.48. The largest absolute Gasteiger partial charge is 0.493 e. The minimum Gasteiger partial charge on any atom is -0.493 e. The van der Waals surface area contributed by atoms with Gasteiger partial charge in [0.2, 0.25) is 5.88 Å². The van der Waals surface area contributed by atoms with Crippen molar-refractivity contribution in [1.82, 2.24) is 14.3 Å². The van der Waals surface area contributed by atoms with E-state index in [1.165, 1.54) is 11.3 Å². The predicted octanol–water partition coefficient (Wildman–Crippen LogP) is 7.03. The monoisotopic (exact) mass is 471 g/mol. The van der Waals surface area contributed by atoms with Crippen molar-refractivity contribution < 1.29 is 9.90 Å². The molecule has 0 fully saturated rings. The quantitative estimate of drug-likeness (QED) is 0.270. The summed E-state index contributed by atoms with van der Waals surface area (Å²) < 4.78 is 3.68. The van der Waals surface area contributed by atoms with Crippen LogP contribution >= 0.6 is 11.3 Å². The number of benzene rings is 2. The van der Waals surface area contributed by atoms with Crippen LogP contribution in [-0.4, -0.2) is 25.4 Å². The Morgan fingerprint density at radius 1 is 1.09 bits per heavy atom. The molecule has 5 rings (SSSR count). The molecule has 7 nitrogen and oxygen atoms in total. The lowest BCUT2D eigenvalue weighted by Gasteiger charge is -2.08. The highest BCUT2D eigenvalue weighted by molar-refractivity contribution is 7.20. The Morgan fingerprint density at radius 3 is 2.59 bits per heavy atom. The number of fused-ring (bicyclic) bond motifs is 2. The lowest BCUT2D eigenvalue weighted by atomic mass is 10.1. The van der Waals surface area contributed by atoms with Gasteiger partial charge in [0.15, 0.2) is 5.69 Å². The van der Waals surface area contributed by atoms with Gasteiger partial charge in [-0.1, -0.05) is 50.2 Å². The molecule has 0 radical (unpaired) electrons. The lowest BCUT2D eigenvalue weighted by molar-refractivity contribution is 0.0999. The maximum Gasteiger partial charge on any atom is 0.305 e. The summed E-state index contributed by atoms with van der Waals surface area (Å²) in [5.74, 6) is 0.0828. The number of rotatable bonds is 6. The lowest BCUT2D eigenvalue weighted by Crippen LogP contribution is -2.00. The van der Waals surface area contributed by atoms with Gasteiger partial charge in [0.25, 0.3) is 0 Å². The summed E-state index contributed by atoms with van der Waals surface area (Å²) in [6, 6.07) is 19.3. The Bertz CT molecular complexity index is 1530. The molecule has 0 saturated carbocycles. The summed E-state index contributed by atoms with van der Waals surface area (Å²) in [7, 11) is 0. The molecule has 3 heterocycles. The first-order valence-corrected chi connectivity index (χ1v) is 12.1. The fourth-order valence-electron chi connectivity index (χ4n) is 4.03. The van der Waals surface area contributed by atoms with Gasteiger partial charge >= 0.3 is 5.91 Å². The van der Waals surface area contributed by atoms with Crippen LogP contribution in [0.15, 0.2) is 70.9 Å². The van der Waals surface area contributed by atoms with Crippen molar-refractivity contribution in [2.45, 2.75) is 33.7 Å². The number of aromatic hydroxyl groups is 1. The second-order valence-corrected chi connectivity index (χ2v) is 9.72. The fourth-order valence-corrected chi connectivity index (χ4v) is 5.09. The number of amides is 1. The van der Waals surface area contributed by atoms with Gasteiger partial charge < -0.3 is 9.67 Å². The molecule has 0 atom stereocenters. The molecule has 172 valence electrons. The number of thiophene rings is 1. The van der Waals surface area contributed by atoms with Crippen molar-refractivity contribution in [3.63, 3.8) is 0 Å². The van der Waals surface area contributed by atoms with E-state index in [0.717, 1.165) is 38.9 Å². The van der Waals surface area contributed by atoms with Crippen molar-refractivity contribution >= 4 is 44.1 Å². The van der Waals surface area contributed by atoms with E-state index in [-0.39, 0.29) is 5.88 Å². The van der Waals surface area contributed by atoms with Crippen LogP contribution in [-0.2, 0) is 6.54 Å². The third-order valence-corrected chi connectivity index (χ3v) is 6.94. The summed E-state index contributed by atoms with van der Waals surface area (Å²) in [4.78, 5) is 14.3. The van der Waals surface area contributed by atoms with Crippen molar-refractivity contribution in [3.8, 4) is 11.6 Å². The molecule has 2 aromatic carbocycles.